The zero-order valence-corrected chi connectivity index (χ0v) is 17.5. The molecule has 7 nitrogen and oxygen atoms in total. The van der Waals surface area contributed by atoms with Crippen LogP contribution in [0.3, 0.4) is 0 Å². The van der Waals surface area contributed by atoms with Crippen LogP contribution in [-0.2, 0) is 16.1 Å². The average molecular weight is 419 g/mol. The molecule has 0 aliphatic carbocycles. The van der Waals surface area contributed by atoms with Gasteiger partial charge in [-0.05, 0) is 31.4 Å². The number of carbonyl (C=O) groups is 2. The fraction of sp³-hybridized carbons (Fsp3) is 0.333. The summed E-state index contributed by atoms with van der Waals surface area (Å²) < 4.78 is 6.49. The number of rotatable bonds is 5. The molecule has 0 N–H and O–H groups in total. The Kier molecular flexibility index (Phi) is 6.11. The highest BCUT2D eigenvalue weighted by atomic mass is 16.5. The van der Waals surface area contributed by atoms with E-state index in [4.69, 9.17) is 4.74 Å². The normalized spacial score (nSPS) is 16.3. The molecule has 1 atom stereocenters. The lowest BCUT2D eigenvalue weighted by Crippen LogP contribution is -2.43. The summed E-state index contributed by atoms with van der Waals surface area (Å²) in [6.07, 6.45) is 1.42. The third-order valence-corrected chi connectivity index (χ3v) is 5.57. The number of amides is 1. The Bertz CT molecular complexity index is 1160. The highest BCUT2D eigenvalue weighted by Crippen LogP contribution is 2.22. The summed E-state index contributed by atoms with van der Waals surface area (Å²) in [6, 6.07) is 16.6. The van der Waals surface area contributed by atoms with E-state index in [1.165, 1.54) is 4.68 Å². The van der Waals surface area contributed by atoms with Crippen LogP contribution >= 0.6 is 0 Å². The Hall–Kier alpha value is -3.48. The van der Waals surface area contributed by atoms with Crippen molar-refractivity contribution < 1.29 is 14.3 Å². The summed E-state index contributed by atoms with van der Waals surface area (Å²) in [5.74, 6) is -0.877. The van der Waals surface area contributed by atoms with Gasteiger partial charge in [0.15, 0.2) is 5.69 Å². The molecule has 1 fully saturated rings. The molecule has 7 heteroatoms. The molecule has 2 aromatic carbocycles. The lowest BCUT2D eigenvalue weighted by molar-refractivity contribution is -0.149. The summed E-state index contributed by atoms with van der Waals surface area (Å²) in [4.78, 5) is 40.3. The van der Waals surface area contributed by atoms with Crippen molar-refractivity contribution in [1.82, 2.24) is 14.7 Å². The molecular formula is C24H25N3O4. The number of hydrogen-bond acceptors (Lipinski definition) is 5. The van der Waals surface area contributed by atoms with Gasteiger partial charge < -0.3 is 9.64 Å². The zero-order chi connectivity index (χ0) is 21.8. The SMILES string of the molecule is CCOC(=O)[C@H]1CCCN(C(=O)c2nn(Cc3ccccc3)c(=O)c3ccccc23)C1. The van der Waals surface area contributed by atoms with Gasteiger partial charge in [-0.15, -0.1) is 0 Å². The standard InChI is InChI=1S/C24H25N3O4/c1-2-31-24(30)18-11-8-14-26(16-18)23(29)21-19-12-6-7-13-20(19)22(28)27(25-21)15-17-9-4-3-5-10-17/h3-7,9-10,12-13,18H,2,8,11,14-16H2,1H3/t18-/m0/s1. The Morgan fingerprint density at radius 1 is 1.06 bits per heavy atom. The van der Waals surface area contributed by atoms with Crippen molar-refractivity contribution in [3.8, 4) is 0 Å². The maximum atomic E-state index is 13.5. The molecule has 160 valence electrons. The second kappa shape index (κ2) is 9.12. The Balaban J connectivity index is 1.70. The molecule has 0 radical (unpaired) electrons. The number of benzene rings is 2. The van der Waals surface area contributed by atoms with Gasteiger partial charge in [0.2, 0.25) is 0 Å². The van der Waals surface area contributed by atoms with Gasteiger partial charge >= 0.3 is 5.97 Å². The van der Waals surface area contributed by atoms with E-state index in [9.17, 15) is 14.4 Å². The van der Waals surface area contributed by atoms with Crippen LogP contribution in [-0.4, -0.2) is 46.3 Å². The van der Waals surface area contributed by atoms with Crippen LogP contribution < -0.4 is 5.56 Å². The predicted molar refractivity (Wildman–Crippen MR) is 117 cm³/mol. The monoisotopic (exact) mass is 419 g/mol. The number of nitrogens with zero attached hydrogens (tertiary/aromatic N) is 3. The van der Waals surface area contributed by atoms with Crippen LogP contribution in [0.1, 0.15) is 35.8 Å². The quantitative estimate of drug-likeness (QED) is 0.594. The number of esters is 1. The fourth-order valence-corrected chi connectivity index (χ4v) is 4.02. The van der Waals surface area contributed by atoms with Gasteiger partial charge in [0.1, 0.15) is 0 Å². The number of aromatic nitrogens is 2. The van der Waals surface area contributed by atoms with Gasteiger partial charge in [0.25, 0.3) is 11.5 Å². The first-order valence-corrected chi connectivity index (χ1v) is 10.6. The molecule has 0 unspecified atom stereocenters. The first kappa shape index (κ1) is 20.8. The first-order chi connectivity index (χ1) is 15.1. The van der Waals surface area contributed by atoms with Crippen molar-refractivity contribution in [1.29, 1.82) is 0 Å². The van der Waals surface area contributed by atoms with Crippen LogP contribution in [0.4, 0.5) is 0 Å². The molecule has 0 spiro atoms. The minimum Gasteiger partial charge on any atom is -0.466 e. The van der Waals surface area contributed by atoms with Crippen molar-refractivity contribution >= 4 is 22.6 Å². The van der Waals surface area contributed by atoms with Crippen molar-refractivity contribution in [3.05, 3.63) is 76.2 Å². The molecule has 3 aromatic rings. The molecular weight excluding hydrogens is 394 g/mol. The number of ether oxygens (including phenoxy) is 1. The summed E-state index contributed by atoms with van der Waals surface area (Å²) in [7, 11) is 0. The number of piperidine rings is 1. The van der Waals surface area contributed by atoms with Gasteiger partial charge in [-0.2, -0.15) is 5.10 Å². The number of fused-ring (bicyclic) bond motifs is 1. The largest absolute Gasteiger partial charge is 0.466 e. The van der Waals surface area contributed by atoms with E-state index in [-0.39, 0.29) is 35.6 Å². The van der Waals surface area contributed by atoms with Crippen molar-refractivity contribution in [2.75, 3.05) is 19.7 Å². The van der Waals surface area contributed by atoms with E-state index in [2.05, 4.69) is 5.10 Å². The van der Waals surface area contributed by atoms with Gasteiger partial charge in [0, 0.05) is 18.5 Å². The van der Waals surface area contributed by atoms with Gasteiger partial charge in [0.05, 0.1) is 24.5 Å². The topological polar surface area (TPSA) is 81.5 Å². The Morgan fingerprint density at radius 3 is 2.52 bits per heavy atom. The molecule has 1 aromatic heterocycles. The maximum Gasteiger partial charge on any atom is 0.310 e. The molecule has 2 heterocycles. The van der Waals surface area contributed by atoms with E-state index >= 15 is 0 Å². The van der Waals surface area contributed by atoms with Crippen molar-refractivity contribution in [2.45, 2.75) is 26.3 Å². The van der Waals surface area contributed by atoms with Gasteiger partial charge in [-0.3, -0.25) is 14.4 Å². The minimum atomic E-state index is -0.334. The Labute approximate surface area is 180 Å². The summed E-state index contributed by atoms with van der Waals surface area (Å²) >= 11 is 0. The zero-order valence-electron chi connectivity index (χ0n) is 17.5. The van der Waals surface area contributed by atoms with E-state index in [0.29, 0.717) is 36.9 Å². The molecule has 1 aliphatic heterocycles. The highest BCUT2D eigenvalue weighted by molar-refractivity contribution is 6.04. The van der Waals surface area contributed by atoms with Crippen LogP contribution in [0.2, 0.25) is 0 Å². The van der Waals surface area contributed by atoms with Crippen LogP contribution in [0.25, 0.3) is 10.8 Å². The Morgan fingerprint density at radius 2 is 1.77 bits per heavy atom. The average Bonchev–Trinajstić information content (AvgIpc) is 2.81. The second-order valence-electron chi connectivity index (χ2n) is 7.68. The number of likely N-dealkylation sites (tertiary alicyclic amines) is 1. The maximum absolute atomic E-state index is 13.5. The molecule has 1 amide bonds. The third kappa shape index (κ3) is 4.35. The fourth-order valence-electron chi connectivity index (χ4n) is 4.02. The van der Waals surface area contributed by atoms with E-state index in [1.807, 2.05) is 30.3 Å². The van der Waals surface area contributed by atoms with E-state index < -0.39 is 0 Å². The summed E-state index contributed by atoms with van der Waals surface area (Å²) in [6.45, 7) is 3.21. The van der Waals surface area contributed by atoms with Crippen molar-refractivity contribution in [2.24, 2.45) is 5.92 Å². The summed E-state index contributed by atoms with van der Waals surface area (Å²) in [5.41, 5.74) is 0.917. The van der Waals surface area contributed by atoms with Gasteiger partial charge in [-0.1, -0.05) is 48.5 Å². The molecule has 1 saturated heterocycles. The minimum absolute atomic E-state index is 0.232. The van der Waals surface area contributed by atoms with Gasteiger partial charge in [-0.25, -0.2) is 4.68 Å². The van der Waals surface area contributed by atoms with Crippen molar-refractivity contribution in [3.63, 3.8) is 0 Å². The first-order valence-electron chi connectivity index (χ1n) is 10.6. The smallest absolute Gasteiger partial charge is 0.310 e. The molecule has 31 heavy (non-hydrogen) atoms. The highest BCUT2D eigenvalue weighted by Gasteiger charge is 2.31. The van der Waals surface area contributed by atoms with Crippen LogP contribution in [0.15, 0.2) is 59.4 Å². The second-order valence-corrected chi connectivity index (χ2v) is 7.68. The number of carbonyl (C=O) groups excluding carboxylic acids is 2. The van der Waals surface area contributed by atoms with Crippen LogP contribution in [0, 0.1) is 5.92 Å². The van der Waals surface area contributed by atoms with Crippen LogP contribution in [0.5, 0.6) is 0 Å². The molecule has 0 saturated carbocycles. The third-order valence-electron chi connectivity index (χ3n) is 5.57. The lowest BCUT2D eigenvalue weighted by atomic mass is 9.97. The summed E-state index contributed by atoms with van der Waals surface area (Å²) in [5, 5.41) is 5.46. The number of hydrogen-bond donors (Lipinski definition) is 0. The van der Waals surface area contributed by atoms with E-state index in [1.54, 1.807) is 36.1 Å². The molecule has 4 rings (SSSR count). The molecule has 0 bridgehead atoms. The predicted octanol–water partition coefficient (Wildman–Crippen LogP) is 2.86. The molecule has 1 aliphatic rings. The van der Waals surface area contributed by atoms with E-state index in [0.717, 1.165) is 12.0 Å². The lowest BCUT2D eigenvalue weighted by Gasteiger charge is -2.31.